The number of aryl methyl sites for hydroxylation is 2. The first-order chi connectivity index (χ1) is 25.1. The molecule has 2 aliphatic rings. The maximum atomic E-state index is 13.4. The average Bonchev–Trinajstić information content (AvgIpc) is 3.54. The van der Waals surface area contributed by atoms with Gasteiger partial charge in [-0.3, -0.25) is 19.2 Å². The van der Waals surface area contributed by atoms with Crippen LogP contribution < -0.4 is 19.3 Å². The number of carbonyl (C=O) groups is 4. The predicted molar refractivity (Wildman–Crippen MR) is 199 cm³/mol. The lowest BCUT2D eigenvalue weighted by Gasteiger charge is -2.17. The maximum Gasteiger partial charge on any atom is 0.266 e. The van der Waals surface area contributed by atoms with Gasteiger partial charge in [-0.1, -0.05) is 48.5 Å². The Kier molecular flexibility index (Phi) is 7.80. The normalized spacial score (nSPS) is 13.5. The van der Waals surface area contributed by atoms with Crippen LogP contribution in [0.1, 0.15) is 63.7 Å². The number of benzene rings is 6. The van der Waals surface area contributed by atoms with E-state index < -0.39 is 0 Å². The lowest BCUT2D eigenvalue weighted by Crippen LogP contribution is -2.30. The first kappa shape index (κ1) is 32.4. The Morgan fingerprint density at radius 1 is 0.385 bits per heavy atom. The molecule has 0 unspecified atom stereocenters. The maximum absolute atomic E-state index is 13.4. The molecule has 0 fully saturated rings. The van der Waals surface area contributed by atoms with E-state index in [9.17, 15) is 19.2 Å². The van der Waals surface area contributed by atoms with Gasteiger partial charge in [0.2, 0.25) is 0 Å². The molecule has 0 atom stereocenters. The molecular weight excluding hydrogens is 652 g/mol. The average molecular weight is 685 g/mol. The lowest BCUT2D eigenvalue weighted by molar-refractivity contribution is 0.0910. The fraction of sp³-hybridized carbons (Fsp3) is 0.0909. The number of carbonyl (C=O) groups excluding carboxylic acids is 4. The van der Waals surface area contributed by atoms with E-state index in [-0.39, 0.29) is 23.6 Å². The van der Waals surface area contributed by atoms with Crippen molar-refractivity contribution in [2.24, 2.45) is 0 Å². The van der Waals surface area contributed by atoms with Gasteiger partial charge in [-0.2, -0.15) is 0 Å². The van der Waals surface area contributed by atoms with Crippen LogP contribution in [0.2, 0.25) is 0 Å². The molecule has 52 heavy (non-hydrogen) atoms. The largest absolute Gasteiger partial charge is 0.457 e. The fourth-order valence-electron chi connectivity index (χ4n) is 6.66. The number of imide groups is 2. The van der Waals surface area contributed by atoms with Gasteiger partial charge in [-0.25, -0.2) is 9.80 Å². The molecule has 8 nitrogen and oxygen atoms in total. The van der Waals surface area contributed by atoms with Crippen molar-refractivity contribution in [1.29, 1.82) is 0 Å². The van der Waals surface area contributed by atoms with Gasteiger partial charge >= 0.3 is 0 Å². The third-order valence-electron chi connectivity index (χ3n) is 9.86. The van der Waals surface area contributed by atoms with E-state index in [4.69, 9.17) is 9.47 Å². The summed E-state index contributed by atoms with van der Waals surface area (Å²) in [6, 6.07) is 36.1. The van der Waals surface area contributed by atoms with Crippen molar-refractivity contribution in [2.75, 3.05) is 9.80 Å². The zero-order chi connectivity index (χ0) is 36.3. The van der Waals surface area contributed by atoms with E-state index in [0.717, 1.165) is 33.4 Å². The van der Waals surface area contributed by atoms with Crippen molar-refractivity contribution in [2.45, 2.75) is 27.7 Å². The minimum atomic E-state index is -0.374. The minimum Gasteiger partial charge on any atom is -0.457 e. The van der Waals surface area contributed by atoms with Gasteiger partial charge in [0.05, 0.1) is 33.6 Å². The number of rotatable bonds is 7. The zero-order valence-corrected chi connectivity index (χ0v) is 28.9. The number of hydrogen-bond donors (Lipinski definition) is 0. The molecule has 6 aromatic rings. The number of ether oxygens (including phenoxy) is 2. The molecule has 0 saturated heterocycles. The van der Waals surface area contributed by atoms with Crippen LogP contribution in [0.15, 0.2) is 121 Å². The summed E-state index contributed by atoms with van der Waals surface area (Å²) in [6.45, 7) is 7.70. The Labute approximate surface area is 300 Å². The second-order valence-corrected chi connectivity index (χ2v) is 13.0. The highest BCUT2D eigenvalue weighted by atomic mass is 16.5. The van der Waals surface area contributed by atoms with Crippen LogP contribution in [0.3, 0.4) is 0 Å². The Balaban J connectivity index is 0.939. The highest BCUT2D eigenvalue weighted by molar-refractivity contribution is 6.35. The second-order valence-electron chi connectivity index (χ2n) is 13.0. The molecule has 8 rings (SSSR count). The molecule has 0 radical (unpaired) electrons. The van der Waals surface area contributed by atoms with Crippen molar-refractivity contribution in [1.82, 2.24) is 0 Å². The van der Waals surface area contributed by atoms with Crippen LogP contribution in [0.5, 0.6) is 23.0 Å². The van der Waals surface area contributed by atoms with Crippen LogP contribution in [0, 0.1) is 27.7 Å². The van der Waals surface area contributed by atoms with Crippen LogP contribution in [0.4, 0.5) is 11.4 Å². The second kappa shape index (κ2) is 12.5. The highest BCUT2D eigenvalue weighted by Gasteiger charge is 2.39. The molecule has 6 aromatic carbocycles. The monoisotopic (exact) mass is 684 g/mol. The number of anilines is 2. The van der Waals surface area contributed by atoms with Crippen molar-refractivity contribution in [3.8, 4) is 34.1 Å². The molecule has 2 aliphatic heterocycles. The summed E-state index contributed by atoms with van der Waals surface area (Å²) >= 11 is 0. The summed E-state index contributed by atoms with van der Waals surface area (Å²) < 4.78 is 12.2. The van der Waals surface area contributed by atoms with Crippen molar-refractivity contribution in [3.63, 3.8) is 0 Å². The third kappa shape index (κ3) is 5.41. The van der Waals surface area contributed by atoms with Gasteiger partial charge in [0.15, 0.2) is 0 Å². The van der Waals surface area contributed by atoms with Crippen LogP contribution in [-0.2, 0) is 0 Å². The van der Waals surface area contributed by atoms with Gasteiger partial charge in [0.25, 0.3) is 23.6 Å². The molecule has 2 heterocycles. The first-order valence-corrected chi connectivity index (χ1v) is 16.8. The van der Waals surface area contributed by atoms with Crippen LogP contribution in [0.25, 0.3) is 11.1 Å². The summed E-state index contributed by atoms with van der Waals surface area (Å²) in [5.41, 5.74) is 8.14. The molecule has 254 valence electrons. The topological polar surface area (TPSA) is 93.2 Å². The minimum absolute atomic E-state index is 0.307. The highest BCUT2D eigenvalue weighted by Crippen LogP contribution is 2.37. The summed E-state index contributed by atoms with van der Waals surface area (Å²) in [5, 5.41) is 0. The molecule has 4 amide bonds. The van der Waals surface area contributed by atoms with Gasteiger partial charge in [-0.05, 0) is 134 Å². The van der Waals surface area contributed by atoms with Gasteiger partial charge in [0, 0.05) is 0 Å². The van der Waals surface area contributed by atoms with E-state index in [2.05, 4.69) is 0 Å². The number of nitrogens with zero attached hydrogens (tertiary/aromatic N) is 2. The molecule has 0 N–H and O–H groups in total. The van der Waals surface area contributed by atoms with E-state index in [0.29, 0.717) is 56.6 Å². The smallest absolute Gasteiger partial charge is 0.266 e. The Bertz CT molecular complexity index is 2310. The molecule has 0 spiro atoms. The van der Waals surface area contributed by atoms with E-state index >= 15 is 0 Å². The first-order valence-electron chi connectivity index (χ1n) is 16.8. The van der Waals surface area contributed by atoms with Gasteiger partial charge < -0.3 is 9.47 Å². The summed E-state index contributed by atoms with van der Waals surface area (Å²) in [6.07, 6.45) is 0. The Hall–Kier alpha value is -6.80. The third-order valence-corrected chi connectivity index (χ3v) is 9.86. The van der Waals surface area contributed by atoms with Crippen molar-refractivity contribution in [3.05, 3.63) is 166 Å². The van der Waals surface area contributed by atoms with Crippen LogP contribution >= 0.6 is 0 Å². The molecule has 0 saturated carbocycles. The molecule has 0 bridgehead atoms. The van der Waals surface area contributed by atoms with Gasteiger partial charge in [0.1, 0.15) is 23.0 Å². The number of amides is 4. The van der Waals surface area contributed by atoms with Crippen molar-refractivity contribution < 1.29 is 28.7 Å². The SMILES string of the molecule is Cc1cccc(N2C(=O)c3ccc(Oc4ccc(-c5ccc(Oc6ccc7c(c6)C(=O)N(c6cccc(C)c6C)C7=O)cc5)cc4)cc3C2=O)c1C. The Morgan fingerprint density at radius 2 is 0.731 bits per heavy atom. The quantitative estimate of drug-likeness (QED) is 0.156. The molecular formula is C44H32N2O6. The Morgan fingerprint density at radius 3 is 1.12 bits per heavy atom. The molecule has 8 heteroatoms. The standard InChI is InChI=1S/C44H32N2O6/c1-25-7-5-9-39(27(25)3)45-41(47)35-21-19-33(23-37(35)43(45)49)51-31-15-11-29(12-16-31)30-13-17-32(18-14-30)52-34-20-22-36-38(24-34)44(50)46(42(36)48)40-10-6-8-26(2)28(40)4/h5-24H,1-4H3. The lowest BCUT2D eigenvalue weighted by atomic mass is 10.1. The predicted octanol–water partition coefficient (Wildman–Crippen LogP) is 9.77. The van der Waals surface area contributed by atoms with Crippen molar-refractivity contribution >= 4 is 35.0 Å². The number of hydrogen-bond acceptors (Lipinski definition) is 6. The fourth-order valence-corrected chi connectivity index (χ4v) is 6.66. The summed E-state index contributed by atoms with van der Waals surface area (Å²) in [5.74, 6) is 0.615. The summed E-state index contributed by atoms with van der Waals surface area (Å²) in [4.78, 5) is 55.6. The van der Waals surface area contributed by atoms with E-state index in [1.807, 2.05) is 100 Å². The van der Waals surface area contributed by atoms with Gasteiger partial charge in [-0.15, -0.1) is 0 Å². The molecule has 0 aromatic heterocycles. The van der Waals surface area contributed by atoms with E-state index in [1.54, 1.807) is 48.5 Å². The summed E-state index contributed by atoms with van der Waals surface area (Å²) in [7, 11) is 0. The number of fused-ring (bicyclic) bond motifs is 2. The van der Waals surface area contributed by atoms with E-state index in [1.165, 1.54) is 9.80 Å². The zero-order valence-electron chi connectivity index (χ0n) is 28.9. The van der Waals surface area contributed by atoms with Crippen LogP contribution in [-0.4, -0.2) is 23.6 Å². The molecule has 0 aliphatic carbocycles.